The smallest absolute Gasteiger partial charge is 0.245 e. The molecule has 0 bridgehead atoms. The van der Waals surface area contributed by atoms with Crippen LogP contribution in [-0.2, 0) is 24.4 Å². The summed E-state index contributed by atoms with van der Waals surface area (Å²) in [6.45, 7) is 7.83. The third-order valence-electron chi connectivity index (χ3n) is 13.2. The predicted octanol–water partition coefficient (Wildman–Crippen LogP) is 7.98. The summed E-state index contributed by atoms with van der Waals surface area (Å²) >= 11 is 1.50. The number of amides is 2. The number of Topliss-reactive ketones (excluding diaryl/α,β-unsaturated/α-hetero) is 1. The van der Waals surface area contributed by atoms with E-state index in [0.717, 1.165) is 47.3 Å². The molecule has 3 fully saturated rings. The molecule has 0 spiro atoms. The lowest BCUT2D eigenvalue weighted by Gasteiger charge is -2.30. The lowest BCUT2D eigenvalue weighted by atomic mass is 9.91. The number of allylic oxidation sites excluding steroid dienone is 2. The highest BCUT2D eigenvalue weighted by molar-refractivity contribution is 7.91. The number of sulfonamides is 1. The number of carbonyl (C=O) groups excluding carboxylic acids is 3. The van der Waals surface area contributed by atoms with Gasteiger partial charge in [-0.2, -0.15) is 5.26 Å². The number of thiazole rings is 1. The summed E-state index contributed by atoms with van der Waals surface area (Å²) in [7, 11) is -2.35. The van der Waals surface area contributed by atoms with E-state index in [1.54, 1.807) is 37.1 Å². The number of aromatic nitrogens is 2. The molecule has 2 aromatic carbocycles. The topological polar surface area (TPSA) is 181 Å². The van der Waals surface area contributed by atoms with Gasteiger partial charge < -0.3 is 19.7 Å². The number of hydrogen-bond donors (Lipinski definition) is 2. The molecule has 2 amide bonds. The van der Waals surface area contributed by atoms with Gasteiger partial charge in [-0.3, -0.25) is 19.1 Å². The number of ether oxygens (including phenoxy) is 2. The SMILES string of the molecule is COc1ccc2c(O[C@@H]3C[C@H]4C(=O)C[C@]5(C(=O)NS(=O)(=O)C6(C)CC6)C[C@H]5/C=C\CCCCC[C@H](Nc5cccc(C#N)c5)C(=O)N4C3)cc(-c3nc(C(C)C)cs3)nc2c1C. The monoisotopic (exact) mass is 878 g/mol. The van der Waals surface area contributed by atoms with Gasteiger partial charge in [0.15, 0.2) is 5.78 Å². The summed E-state index contributed by atoms with van der Waals surface area (Å²) in [5.74, 6) is -0.175. The fraction of sp³-hybridized carbons (Fsp3) is 0.489. The van der Waals surface area contributed by atoms with Gasteiger partial charge in [-0.05, 0) is 94.5 Å². The first-order valence-corrected chi connectivity index (χ1v) is 24.0. The molecule has 2 saturated carbocycles. The molecule has 13 nitrogen and oxygen atoms in total. The van der Waals surface area contributed by atoms with Crippen molar-refractivity contribution in [2.75, 3.05) is 19.0 Å². The minimum Gasteiger partial charge on any atom is -0.496 e. The largest absolute Gasteiger partial charge is 0.496 e. The van der Waals surface area contributed by atoms with Crippen LogP contribution in [0, 0.1) is 29.6 Å². The predicted molar refractivity (Wildman–Crippen MR) is 238 cm³/mol. The maximum absolute atomic E-state index is 15.0. The Balaban J connectivity index is 1.16. The van der Waals surface area contributed by atoms with Gasteiger partial charge >= 0.3 is 0 Å². The normalized spacial score (nSPS) is 25.5. The number of nitrogens with one attached hydrogen (secondary N) is 2. The lowest BCUT2D eigenvalue weighted by Crippen LogP contribution is -2.49. The number of carbonyl (C=O) groups is 3. The summed E-state index contributed by atoms with van der Waals surface area (Å²) in [6, 6.07) is 13.1. The van der Waals surface area contributed by atoms with Crippen LogP contribution in [0.4, 0.5) is 5.69 Å². The van der Waals surface area contributed by atoms with Crippen LogP contribution in [0.5, 0.6) is 11.5 Å². The van der Waals surface area contributed by atoms with Crippen LogP contribution in [0.1, 0.15) is 108 Å². The van der Waals surface area contributed by atoms with Crippen molar-refractivity contribution < 1.29 is 32.3 Å². The summed E-state index contributed by atoms with van der Waals surface area (Å²) in [5.41, 5.74) is 2.89. The highest BCUT2D eigenvalue weighted by Crippen LogP contribution is 2.57. The van der Waals surface area contributed by atoms with Crippen molar-refractivity contribution in [1.82, 2.24) is 19.6 Å². The first-order valence-electron chi connectivity index (χ1n) is 21.6. The molecular formula is C47H54N6O7S2. The second kappa shape index (κ2) is 17.1. The number of nitriles is 1. The van der Waals surface area contributed by atoms with Gasteiger partial charge in [0.1, 0.15) is 34.3 Å². The second-order valence-corrected chi connectivity index (χ2v) is 21.0. The van der Waals surface area contributed by atoms with E-state index in [0.29, 0.717) is 59.6 Å². The minimum absolute atomic E-state index is 0.0873. The van der Waals surface area contributed by atoms with E-state index in [-0.39, 0.29) is 42.9 Å². The van der Waals surface area contributed by atoms with Gasteiger partial charge in [0, 0.05) is 40.9 Å². The Morgan fingerprint density at radius 2 is 1.89 bits per heavy atom. The molecule has 5 atom stereocenters. The Kier molecular flexibility index (Phi) is 11.9. The number of benzene rings is 2. The molecule has 2 aliphatic heterocycles. The summed E-state index contributed by atoms with van der Waals surface area (Å²) in [5, 5.41) is 16.5. The first-order chi connectivity index (χ1) is 29.6. The number of ketones is 1. The maximum Gasteiger partial charge on any atom is 0.245 e. The van der Waals surface area contributed by atoms with E-state index >= 15 is 0 Å². The van der Waals surface area contributed by atoms with E-state index in [9.17, 15) is 28.1 Å². The number of methoxy groups -OCH3 is 1. The Morgan fingerprint density at radius 1 is 1.08 bits per heavy atom. The number of rotatable bonds is 10. The van der Waals surface area contributed by atoms with Crippen molar-refractivity contribution in [2.45, 2.75) is 121 Å². The standard InChI is InChI=1S/C47H54N6O7S2/c1-28(2)37-27-61-43(51-37)36-22-41(34-16-17-40(59-5)29(3)42(34)50-36)60-33-21-38-39(54)24-47(45(56)52-62(57,58)46(4)18-19-46)23-31(47)13-9-7-6-8-10-15-35(44(55)53(38)26-33)49-32-14-11-12-30(20-32)25-48/h9,11-14,16-17,20,22,27-28,31,33,35,38,49H,6-8,10,15,18-19,21,23-24,26H2,1-5H3,(H,52,56)/b13-9-/t31-,33-,35+,38+,47-/m1/s1. The molecule has 62 heavy (non-hydrogen) atoms. The highest BCUT2D eigenvalue weighted by atomic mass is 32.2. The molecule has 15 heteroatoms. The average molecular weight is 879 g/mol. The fourth-order valence-corrected chi connectivity index (χ4v) is 11.1. The molecular weight excluding hydrogens is 825 g/mol. The molecule has 2 aliphatic carbocycles. The Labute approximate surface area is 367 Å². The minimum atomic E-state index is -3.96. The van der Waals surface area contributed by atoms with Gasteiger partial charge in [-0.1, -0.05) is 44.9 Å². The Bertz CT molecular complexity index is 2600. The van der Waals surface area contributed by atoms with Gasteiger partial charge in [0.2, 0.25) is 21.8 Å². The van der Waals surface area contributed by atoms with Gasteiger partial charge in [-0.25, -0.2) is 18.4 Å². The molecule has 0 radical (unpaired) electrons. The van der Waals surface area contributed by atoms with Crippen molar-refractivity contribution in [3.05, 3.63) is 76.8 Å². The molecule has 4 heterocycles. The van der Waals surface area contributed by atoms with Crippen molar-refractivity contribution in [3.63, 3.8) is 0 Å². The zero-order chi connectivity index (χ0) is 44.0. The van der Waals surface area contributed by atoms with Crippen LogP contribution in [0.3, 0.4) is 0 Å². The molecule has 4 aromatic rings. The fourth-order valence-electron chi connectivity index (χ4n) is 8.82. The summed E-state index contributed by atoms with van der Waals surface area (Å²) in [6.07, 6.45) is 8.21. The van der Waals surface area contributed by atoms with Gasteiger partial charge in [0.25, 0.3) is 0 Å². The van der Waals surface area contributed by atoms with Crippen molar-refractivity contribution in [2.24, 2.45) is 11.3 Å². The third kappa shape index (κ3) is 8.56. The van der Waals surface area contributed by atoms with E-state index in [2.05, 4.69) is 30.0 Å². The molecule has 8 rings (SSSR count). The second-order valence-electron chi connectivity index (χ2n) is 18.0. The van der Waals surface area contributed by atoms with Crippen LogP contribution < -0.4 is 19.5 Å². The highest BCUT2D eigenvalue weighted by Gasteiger charge is 2.62. The van der Waals surface area contributed by atoms with E-state index in [1.165, 1.54) is 11.3 Å². The molecule has 2 N–H and O–H groups in total. The van der Waals surface area contributed by atoms with E-state index in [1.807, 2.05) is 48.7 Å². The zero-order valence-electron chi connectivity index (χ0n) is 35.9. The number of hydrogen-bond acceptors (Lipinski definition) is 12. The number of anilines is 1. The maximum atomic E-state index is 15.0. The first kappa shape index (κ1) is 43.3. The van der Waals surface area contributed by atoms with E-state index in [4.69, 9.17) is 19.4 Å². The quantitative estimate of drug-likeness (QED) is 0.148. The average Bonchev–Trinajstić information content (AvgIpc) is 4.02. The van der Waals surface area contributed by atoms with Crippen LogP contribution in [0.2, 0.25) is 0 Å². The third-order valence-corrected chi connectivity index (χ3v) is 16.2. The molecule has 1 saturated heterocycles. The van der Waals surface area contributed by atoms with Crippen LogP contribution in [0.25, 0.3) is 21.6 Å². The summed E-state index contributed by atoms with van der Waals surface area (Å²) in [4.78, 5) is 55.5. The number of fused-ring (bicyclic) bond motifs is 3. The number of aryl methyl sites for hydroxylation is 1. The molecule has 4 aliphatic rings. The van der Waals surface area contributed by atoms with Crippen LogP contribution >= 0.6 is 11.3 Å². The molecule has 2 aromatic heterocycles. The zero-order valence-corrected chi connectivity index (χ0v) is 37.5. The molecule has 0 unspecified atom stereocenters. The summed E-state index contributed by atoms with van der Waals surface area (Å²) < 4.78 is 40.6. The Hall–Kier alpha value is -5.33. The number of pyridine rings is 1. The van der Waals surface area contributed by atoms with Crippen molar-refractivity contribution >= 4 is 55.5 Å². The Morgan fingerprint density at radius 3 is 2.61 bits per heavy atom. The lowest BCUT2D eigenvalue weighted by molar-refractivity contribution is -0.139. The van der Waals surface area contributed by atoms with Gasteiger partial charge in [-0.15, -0.1) is 11.3 Å². The molecule has 326 valence electrons. The van der Waals surface area contributed by atoms with Gasteiger partial charge in [0.05, 0.1) is 52.7 Å². The van der Waals surface area contributed by atoms with Crippen LogP contribution in [0.15, 0.2) is 60.0 Å². The van der Waals surface area contributed by atoms with Crippen molar-refractivity contribution in [3.8, 4) is 28.3 Å². The van der Waals surface area contributed by atoms with Crippen LogP contribution in [-0.4, -0.2) is 77.5 Å². The van der Waals surface area contributed by atoms with Crippen molar-refractivity contribution in [1.29, 1.82) is 5.26 Å². The van der Waals surface area contributed by atoms with E-state index < -0.39 is 44.3 Å². The number of nitrogens with zero attached hydrogens (tertiary/aromatic N) is 4.